The van der Waals surface area contributed by atoms with Crippen LogP contribution in [0.15, 0.2) is 24.3 Å². The Kier molecular flexibility index (Phi) is 6.43. The number of carbonyl (C=O) groups is 1. The zero-order valence-electron chi connectivity index (χ0n) is 13.1. The molecule has 0 unspecified atom stereocenters. The van der Waals surface area contributed by atoms with Crippen LogP contribution in [0.4, 0.5) is 0 Å². The quantitative estimate of drug-likeness (QED) is 0.826. The maximum absolute atomic E-state index is 10.4. The standard InChI is InChI=1S/C9H6ClNO.C8H17NO/c10-8-3-1-2-6-4-7(5-12)11-9(6)8;1-9(5-6-10-2)7-8-3-4-8/h1-5,11H;8H,3-7H2,1-2H3. The van der Waals surface area contributed by atoms with Gasteiger partial charge in [0.05, 0.1) is 22.8 Å². The molecule has 1 fully saturated rings. The maximum Gasteiger partial charge on any atom is 0.166 e. The van der Waals surface area contributed by atoms with Gasteiger partial charge in [-0.2, -0.15) is 0 Å². The first-order valence-corrected chi connectivity index (χ1v) is 7.91. The van der Waals surface area contributed by atoms with Crippen molar-refractivity contribution >= 4 is 28.8 Å². The number of ether oxygens (including phenoxy) is 1. The number of halogens is 1. The van der Waals surface area contributed by atoms with Crippen molar-refractivity contribution in [3.8, 4) is 0 Å². The lowest BCUT2D eigenvalue weighted by Crippen LogP contribution is -2.24. The molecule has 1 N–H and O–H groups in total. The number of nitrogens with one attached hydrogen (secondary N) is 1. The number of para-hydroxylation sites is 1. The van der Waals surface area contributed by atoms with Crippen LogP contribution < -0.4 is 0 Å². The summed E-state index contributed by atoms with van der Waals surface area (Å²) in [5, 5.41) is 1.60. The fraction of sp³-hybridized carbons (Fsp3) is 0.471. The molecule has 0 radical (unpaired) electrons. The Hall–Kier alpha value is -1.36. The van der Waals surface area contributed by atoms with Crippen molar-refractivity contribution in [1.82, 2.24) is 9.88 Å². The number of hydrogen-bond acceptors (Lipinski definition) is 3. The molecule has 3 rings (SSSR count). The van der Waals surface area contributed by atoms with Gasteiger partial charge < -0.3 is 14.6 Å². The second kappa shape index (κ2) is 8.32. The molecular weight excluding hydrogens is 300 g/mol. The summed E-state index contributed by atoms with van der Waals surface area (Å²) in [5.41, 5.74) is 1.37. The van der Waals surface area contributed by atoms with Crippen LogP contribution in [0.5, 0.6) is 0 Å². The van der Waals surface area contributed by atoms with Gasteiger partial charge in [-0.25, -0.2) is 0 Å². The van der Waals surface area contributed by atoms with Gasteiger partial charge in [0, 0.05) is 25.6 Å². The number of benzene rings is 1. The van der Waals surface area contributed by atoms with E-state index in [0.717, 1.165) is 36.3 Å². The van der Waals surface area contributed by atoms with Gasteiger partial charge in [-0.15, -0.1) is 0 Å². The number of rotatable bonds is 6. The lowest BCUT2D eigenvalue weighted by atomic mass is 10.2. The van der Waals surface area contributed by atoms with Crippen molar-refractivity contribution < 1.29 is 9.53 Å². The van der Waals surface area contributed by atoms with E-state index >= 15 is 0 Å². The first-order valence-electron chi connectivity index (χ1n) is 7.54. The average Bonchev–Trinajstić information content (AvgIpc) is 3.21. The number of nitrogens with zero attached hydrogens (tertiary/aromatic N) is 1. The summed E-state index contributed by atoms with van der Waals surface area (Å²) in [6.07, 6.45) is 3.66. The molecule has 1 heterocycles. The Bertz CT molecular complexity index is 608. The largest absolute Gasteiger partial charge is 0.383 e. The van der Waals surface area contributed by atoms with E-state index < -0.39 is 0 Å². The van der Waals surface area contributed by atoms with Gasteiger partial charge in [0.2, 0.25) is 0 Å². The molecule has 0 atom stereocenters. The maximum atomic E-state index is 10.4. The minimum absolute atomic E-state index is 0.554. The molecule has 0 bridgehead atoms. The summed E-state index contributed by atoms with van der Waals surface area (Å²) in [6.45, 7) is 3.21. The summed E-state index contributed by atoms with van der Waals surface area (Å²) in [4.78, 5) is 15.7. The topological polar surface area (TPSA) is 45.3 Å². The fourth-order valence-electron chi connectivity index (χ4n) is 2.28. The molecule has 22 heavy (non-hydrogen) atoms. The molecule has 1 aliphatic rings. The number of methoxy groups -OCH3 is 1. The van der Waals surface area contributed by atoms with Crippen LogP contribution in [0.2, 0.25) is 5.02 Å². The number of aldehydes is 1. The Morgan fingerprint density at radius 3 is 2.82 bits per heavy atom. The number of aromatic nitrogens is 1. The third-order valence-electron chi connectivity index (χ3n) is 3.70. The lowest BCUT2D eigenvalue weighted by Gasteiger charge is -2.14. The molecule has 1 aliphatic carbocycles. The number of carbonyl (C=O) groups excluding carboxylic acids is 1. The second-order valence-electron chi connectivity index (χ2n) is 5.75. The lowest BCUT2D eigenvalue weighted by molar-refractivity contribution is 0.112. The molecule has 1 saturated carbocycles. The van der Waals surface area contributed by atoms with Crippen molar-refractivity contribution in [2.75, 3.05) is 33.9 Å². The van der Waals surface area contributed by atoms with Crippen LogP contribution in [0.25, 0.3) is 10.9 Å². The summed E-state index contributed by atoms with van der Waals surface area (Å²) in [5.74, 6) is 1.00. The molecule has 0 aliphatic heterocycles. The second-order valence-corrected chi connectivity index (χ2v) is 6.15. The molecule has 120 valence electrons. The highest BCUT2D eigenvalue weighted by Gasteiger charge is 2.22. The third kappa shape index (κ3) is 5.13. The van der Waals surface area contributed by atoms with Crippen LogP contribution in [0, 0.1) is 5.92 Å². The molecule has 0 saturated heterocycles. The molecule has 1 aromatic heterocycles. The van der Waals surface area contributed by atoms with Crippen molar-refractivity contribution in [2.24, 2.45) is 5.92 Å². The van der Waals surface area contributed by atoms with Crippen molar-refractivity contribution in [1.29, 1.82) is 0 Å². The summed E-state index contributed by atoms with van der Waals surface area (Å²) < 4.78 is 4.97. The van der Waals surface area contributed by atoms with Crippen molar-refractivity contribution in [3.63, 3.8) is 0 Å². The molecule has 4 nitrogen and oxygen atoms in total. The highest BCUT2D eigenvalue weighted by atomic mass is 35.5. The van der Waals surface area contributed by atoms with Gasteiger partial charge in [0.25, 0.3) is 0 Å². The SMILES string of the molecule is COCCN(C)CC1CC1.O=Cc1cc2cccc(Cl)c2[nH]1. The van der Waals surface area contributed by atoms with Crippen molar-refractivity contribution in [3.05, 3.63) is 35.0 Å². The first kappa shape index (κ1) is 17.0. The molecule has 2 aromatic rings. The van der Waals surface area contributed by atoms with E-state index in [4.69, 9.17) is 16.3 Å². The Morgan fingerprint density at radius 1 is 1.45 bits per heavy atom. The van der Waals surface area contributed by atoms with E-state index in [-0.39, 0.29) is 0 Å². The van der Waals surface area contributed by atoms with Gasteiger partial charge >= 0.3 is 0 Å². The minimum atomic E-state index is 0.554. The molecule has 0 spiro atoms. The van der Waals surface area contributed by atoms with Crippen LogP contribution in [-0.2, 0) is 4.74 Å². The van der Waals surface area contributed by atoms with Crippen molar-refractivity contribution in [2.45, 2.75) is 12.8 Å². The van der Waals surface area contributed by atoms with Gasteiger partial charge in [-0.05, 0) is 37.9 Å². The zero-order chi connectivity index (χ0) is 15.9. The van der Waals surface area contributed by atoms with E-state index in [1.54, 1.807) is 19.2 Å². The summed E-state index contributed by atoms with van der Waals surface area (Å²) >= 11 is 5.88. The number of likely N-dealkylation sites (N-methyl/N-ethyl adjacent to an activating group) is 1. The zero-order valence-corrected chi connectivity index (χ0v) is 13.9. The summed E-state index contributed by atoms with van der Waals surface area (Å²) in [7, 11) is 3.92. The normalized spacial score (nSPS) is 14.0. The Balaban J connectivity index is 0.000000164. The van der Waals surface area contributed by atoms with E-state index in [2.05, 4.69) is 16.9 Å². The molecule has 5 heteroatoms. The van der Waals surface area contributed by atoms with E-state index in [0.29, 0.717) is 10.7 Å². The van der Waals surface area contributed by atoms with E-state index in [1.165, 1.54) is 19.4 Å². The highest BCUT2D eigenvalue weighted by Crippen LogP contribution is 2.29. The van der Waals surface area contributed by atoms with Gasteiger partial charge in [0.15, 0.2) is 6.29 Å². The summed E-state index contributed by atoms with van der Waals surface area (Å²) in [6, 6.07) is 7.32. The molecular formula is C17H23ClN2O2. The van der Waals surface area contributed by atoms with Gasteiger partial charge in [0.1, 0.15) is 0 Å². The highest BCUT2D eigenvalue weighted by molar-refractivity contribution is 6.35. The fourth-order valence-corrected chi connectivity index (χ4v) is 2.51. The number of aromatic amines is 1. The molecule has 1 aromatic carbocycles. The Morgan fingerprint density at radius 2 is 2.23 bits per heavy atom. The van der Waals surface area contributed by atoms with Crippen LogP contribution >= 0.6 is 11.6 Å². The van der Waals surface area contributed by atoms with E-state index in [9.17, 15) is 4.79 Å². The van der Waals surface area contributed by atoms with Crippen LogP contribution in [0.3, 0.4) is 0 Å². The average molecular weight is 323 g/mol. The van der Waals surface area contributed by atoms with Gasteiger partial charge in [-0.1, -0.05) is 23.7 Å². The van der Waals surface area contributed by atoms with Gasteiger partial charge in [-0.3, -0.25) is 4.79 Å². The van der Waals surface area contributed by atoms with E-state index in [1.807, 2.05) is 12.1 Å². The smallest absolute Gasteiger partial charge is 0.166 e. The van der Waals surface area contributed by atoms with Crippen LogP contribution in [0.1, 0.15) is 23.3 Å². The van der Waals surface area contributed by atoms with Crippen LogP contribution in [-0.4, -0.2) is 50.0 Å². The monoisotopic (exact) mass is 322 g/mol. The minimum Gasteiger partial charge on any atom is -0.383 e. The number of H-pyrrole nitrogens is 1. The number of hydrogen-bond donors (Lipinski definition) is 1. The predicted molar refractivity (Wildman–Crippen MR) is 90.8 cm³/mol. The number of fused-ring (bicyclic) bond motifs is 1. The molecule has 0 amide bonds. The Labute approximate surface area is 136 Å². The third-order valence-corrected chi connectivity index (χ3v) is 4.01. The predicted octanol–water partition coefficient (Wildman–Crippen LogP) is 3.61. The first-order chi connectivity index (χ1) is 10.6.